The Morgan fingerprint density at radius 3 is 2.76 bits per heavy atom. The van der Waals surface area contributed by atoms with Gasteiger partial charge in [0.2, 0.25) is 0 Å². The fourth-order valence-electron chi connectivity index (χ4n) is 3.17. The SMILES string of the molecule is CC(=O)CC1CCCN1CC1CCC(C)(C)O1. The molecule has 2 heterocycles. The number of nitrogens with zero attached hydrogens (tertiary/aromatic N) is 1. The highest BCUT2D eigenvalue weighted by Gasteiger charge is 2.35. The summed E-state index contributed by atoms with van der Waals surface area (Å²) in [5.74, 6) is 0.314. The molecule has 2 aliphatic rings. The Bertz CT molecular complexity index is 288. The van der Waals surface area contributed by atoms with Gasteiger partial charge in [0.25, 0.3) is 0 Å². The Labute approximate surface area is 105 Å². The highest BCUT2D eigenvalue weighted by Crippen LogP contribution is 2.31. The van der Waals surface area contributed by atoms with Gasteiger partial charge >= 0.3 is 0 Å². The van der Waals surface area contributed by atoms with Crippen LogP contribution in [-0.4, -0.2) is 41.5 Å². The number of carbonyl (C=O) groups is 1. The lowest BCUT2D eigenvalue weighted by molar-refractivity contribution is -0.118. The molecule has 0 aromatic rings. The van der Waals surface area contributed by atoms with Crippen LogP contribution < -0.4 is 0 Å². The van der Waals surface area contributed by atoms with Crippen molar-refractivity contribution in [2.75, 3.05) is 13.1 Å². The monoisotopic (exact) mass is 239 g/mol. The standard InChI is InChI=1S/C14H25NO2/c1-11(16)9-12-5-4-8-15(12)10-13-6-7-14(2,3)17-13/h12-13H,4-10H2,1-3H3. The molecular weight excluding hydrogens is 214 g/mol. The molecule has 0 aliphatic carbocycles. The first kappa shape index (κ1) is 13.0. The van der Waals surface area contributed by atoms with Gasteiger partial charge < -0.3 is 4.74 Å². The number of carbonyl (C=O) groups excluding carboxylic acids is 1. The summed E-state index contributed by atoms with van der Waals surface area (Å²) in [6.45, 7) is 8.19. The summed E-state index contributed by atoms with van der Waals surface area (Å²) in [6, 6.07) is 0.472. The minimum Gasteiger partial charge on any atom is -0.371 e. The Morgan fingerprint density at radius 2 is 2.18 bits per heavy atom. The molecule has 3 nitrogen and oxygen atoms in total. The molecule has 98 valence electrons. The summed E-state index contributed by atoms with van der Waals surface area (Å²) >= 11 is 0. The van der Waals surface area contributed by atoms with E-state index in [4.69, 9.17) is 4.74 Å². The van der Waals surface area contributed by atoms with Crippen LogP contribution in [0.2, 0.25) is 0 Å². The lowest BCUT2D eigenvalue weighted by Crippen LogP contribution is -2.37. The van der Waals surface area contributed by atoms with Crippen molar-refractivity contribution in [2.45, 2.75) is 70.6 Å². The van der Waals surface area contributed by atoms with E-state index in [0.29, 0.717) is 17.9 Å². The zero-order valence-corrected chi connectivity index (χ0v) is 11.4. The first-order valence-corrected chi connectivity index (χ1v) is 6.87. The van der Waals surface area contributed by atoms with Gasteiger partial charge in [0.15, 0.2) is 0 Å². The molecule has 17 heavy (non-hydrogen) atoms. The lowest BCUT2D eigenvalue weighted by atomic mass is 10.0. The summed E-state index contributed by atoms with van der Waals surface area (Å²) in [6.07, 6.45) is 5.82. The smallest absolute Gasteiger partial charge is 0.131 e. The molecule has 0 spiro atoms. The molecule has 0 aromatic heterocycles. The molecule has 0 radical (unpaired) electrons. The van der Waals surface area contributed by atoms with E-state index < -0.39 is 0 Å². The fourth-order valence-corrected chi connectivity index (χ4v) is 3.17. The maximum atomic E-state index is 11.2. The summed E-state index contributed by atoms with van der Waals surface area (Å²) in [5.41, 5.74) is 0.0560. The number of rotatable bonds is 4. The van der Waals surface area contributed by atoms with Gasteiger partial charge in [0.05, 0.1) is 11.7 Å². The number of Topliss-reactive ketones (excluding diaryl/α,β-unsaturated/α-hetero) is 1. The second-order valence-electron chi connectivity index (χ2n) is 6.24. The van der Waals surface area contributed by atoms with Crippen molar-refractivity contribution >= 4 is 5.78 Å². The first-order chi connectivity index (χ1) is 7.96. The molecule has 3 heteroatoms. The molecule has 0 bridgehead atoms. The number of likely N-dealkylation sites (tertiary alicyclic amines) is 1. The van der Waals surface area contributed by atoms with Gasteiger partial charge in [-0.15, -0.1) is 0 Å². The topological polar surface area (TPSA) is 29.5 Å². The number of hydrogen-bond acceptors (Lipinski definition) is 3. The van der Waals surface area contributed by atoms with E-state index in [1.54, 1.807) is 6.92 Å². The van der Waals surface area contributed by atoms with Crippen molar-refractivity contribution in [3.63, 3.8) is 0 Å². The lowest BCUT2D eigenvalue weighted by Gasteiger charge is -2.27. The molecule has 2 atom stereocenters. The average Bonchev–Trinajstić information content (AvgIpc) is 2.74. The second-order valence-corrected chi connectivity index (χ2v) is 6.24. The Hall–Kier alpha value is -0.410. The van der Waals surface area contributed by atoms with Gasteiger partial charge in [-0.3, -0.25) is 9.69 Å². The number of ketones is 1. The predicted molar refractivity (Wildman–Crippen MR) is 68.1 cm³/mol. The molecule has 0 saturated carbocycles. The van der Waals surface area contributed by atoms with Gasteiger partial charge in [-0.1, -0.05) is 0 Å². The van der Waals surface area contributed by atoms with Crippen molar-refractivity contribution in [2.24, 2.45) is 0 Å². The van der Waals surface area contributed by atoms with Crippen molar-refractivity contribution < 1.29 is 9.53 Å². The highest BCUT2D eigenvalue weighted by atomic mass is 16.5. The molecule has 2 fully saturated rings. The molecule has 2 rings (SSSR count). The normalized spacial score (nSPS) is 33.1. The van der Waals surface area contributed by atoms with E-state index in [9.17, 15) is 4.79 Å². The highest BCUT2D eigenvalue weighted by molar-refractivity contribution is 5.76. The first-order valence-electron chi connectivity index (χ1n) is 6.87. The van der Waals surface area contributed by atoms with Gasteiger partial charge in [0.1, 0.15) is 5.78 Å². The fraction of sp³-hybridized carbons (Fsp3) is 0.929. The third kappa shape index (κ3) is 3.52. The van der Waals surface area contributed by atoms with Gasteiger partial charge in [0, 0.05) is 19.0 Å². The van der Waals surface area contributed by atoms with Crippen LogP contribution in [0.1, 0.15) is 52.9 Å². The van der Waals surface area contributed by atoms with E-state index in [1.165, 1.54) is 12.8 Å². The summed E-state index contributed by atoms with van der Waals surface area (Å²) in [4.78, 5) is 13.7. The molecular formula is C14H25NO2. The molecule has 2 saturated heterocycles. The van der Waals surface area contributed by atoms with Crippen molar-refractivity contribution in [3.05, 3.63) is 0 Å². The van der Waals surface area contributed by atoms with E-state index in [1.807, 2.05) is 0 Å². The van der Waals surface area contributed by atoms with Crippen molar-refractivity contribution in [1.82, 2.24) is 4.90 Å². The summed E-state index contributed by atoms with van der Waals surface area (Å²) in [7, 11) is 0. The van der Waals surface area contributed by atoms with Gasteiger partial charge in [-0.25, -0.2) is 0 Å². The van der Waals surface area contributed by atoms with Crippen LogP contribution in [0.4, 0.5) is 0 Å². The zero-order valence-electron chi connectivity index (χ0n) is 11.4. The third-order valence-electron chi connectivity index (χ3n) is 4.01. The van der Waals surface area contributed by atoms with E-state index in [2.05, 4.69) is 18.7 Å². The Balaban J connectivity index is 1.84. The Kier molecular flexibility index (Phi) is 3.88. The van der Waals surface area contributed by atoms with Crippen LogP contribution >= 0.6 is 0 Å². The maximum absolute atomic E-state index is 11.2. The van der Waals surface area contributed by atoms with Crippen LogP contribution in [0, 0.1) is 0 Å². The van der Waals surface area contributed by atoms with Crippen LogP contribution in [0.3, 0.4) is 0 Å². The quantitative estimate of drug-likeness (QED) is 0.754. The summed E-state index contributed by atoms with van der Waals surface area (Å²) < 4.78 is 6.04. The van der Waals surface area contributed by atoms with Gasteiger partial charge in [-0.05, 0) is 53.0 Å². The van der Waals surface area contributed by atoms with E-state index in [-0.39, 0.29) is 5.60 Å². The van der Waals surface area contributed by atoms with Crippen LogP contribution in [-0.2, 0) is 9.53 Å². The molecule has 0 amide bonds. The largest absolute Gasteiger partial charge is 0.371 e. The van der Waals surface area contributed by atoms with E-state index in [0.717, 1.165) is 32.4 Å². The molecule has 2 unspecified atom stereocenters. The van der Waals surface area contributed by atoms with Gasteiger partial charge in [-0.2, -0.15) is 0 Å². The van der Waals surface area contributed by atoms with Crippen LogP contribution in [0.25, 0.3) is 0 Å². The van der Waals surface area contributed by atoms with Crippen LogP contribution in [0.15, 0.2) is 0 Å². The second kappa shape index (κ2) is 5.07. The molecule has 0 N–H and O–H groups in total. The van der Waals surface area contributed by atoms with E-state index >= 15 is 0 Å². The maximum Gasteiger partial charge on any atom is 0.131 e. The third-order valence-corrected chi connectivity index (χ3v) is 4.01. The number of hydrogen-bond donors (Lipinski definition) is 0. The molecule has 2 aliphatic heterocycles. The minimum absolute atomic E-state index is 0.0560. The Morgan fingerprint density at radius 1 is 1.41 bits per heavy atom. The zero-order chi connectivity index (χ0) is 12.5. The average molecular weight is 239 g/mol. The van der Waals surface area contributed by atoms with Crippen molar-refractivity contribution in [1.29, 1.82) is 0 Å². The van der Waals surface area contributed by atoms with Crippen molar-refractivity contribution in [3.8, 4) is 0 Å². The van der Waals surface area contributed by atoms with Crippen LogP contribution in [0.5, 0.6) is 0 Å². The minimum atomic E-state index is 0.0560. The predicted octanol–water partition coefficient (Wildman–Crippen LogP) is 2.39. The number of ether oxygens (including phenoxy) is 1. The molecule has 0 aromatic carbocycles. The summed E-state index contributed by atoms with van der Waals surface area (Å²) in [5, 5.41) is 0.